The van der Waals surface area contributed by atoms with Crippen LogP contribution < -0.4 is 0 Å². The third-order valence-electron chi connectivity index (χ3n) is 6.36. The van der Waals surface area contributed by atoms with Crippen LogP contribution >= 0.6 is 0 Å². The van der Waals surface area contributed by atoms with Crippen molar-refractivity contribution in [3.05, 3.63) is 70.8 Å². The van der Waals surface area contributed by atoms with E-state index < -0.39 is 0 Å². The maximum atomic E-state index is 2.76. The molecular formula is C22H26N2. The van der Waals surface area contributed by atoms with Gasteiger partial charge in [0.25, 0.3) is 0 Å². The highest BCUT2D eigenvalue weighted by atomic mass is 15.3. The molecule has 3 aliphatic rings. The lowest BCUT2D eigenvalue weighted by Gasteiger charge is -2.42. The SMILES string of the molecule is c1ccc2c(c1)CN(C1CCCCC1N1Cc3ccccc3C1)C2. The van der Waals surface area contributed by atoms with Crippen LogP contribution in [0.4, 0.5) is 0 Å². The van der Waals surface area contributed by atoms with Crippen molar-refractivity contribution < 1.29 is 0 Å². The summed E-state index contributed by atoms with van der Waals surface area (Å²) in [5.41, 5.74) is 6.19. The number of nitrogens with zero attached hydrogens (tertiary/aromatic N) is 2. The van der Waals surface area contributed by atoms with Gasteiger partial charge in [0.1, 0.15) is 0 Å². The molecule has 0 saturated heterocycles. The molecule has 0 spiro atoms. The first-order chi connectivity index (χ1) is 11.9. The molecule has 2 atom stereocenters. The van der Waals surface area contributed by atoms with Gasteiger partial charge in [-0.1, -0.05) is 61.4 Å². The Morgan fingerprint density at radius 1 is 0.542 bits per heavy atom. The highest BCUT2D eigenvalue weighted by molar-refractivity contribution is 5.32. The Kier molecular flexibility index (Phi) is 3.68. The van der Waals surface area contributed by atoms with E-state index in [1.165, 1.54) is 25.7 Å². The van der Waals surface area contributed by atoms with Gasteiger partial charge in [-0.05, 0) is 35.1 Å². The van der Waals surface area contributed by atoms with Gasteiger partial charge in [-0.25, -0.2) is 0 Å². The smallest absolute Gasteiger partial charge is 0.0258 e. The van der Waals surface area contributed by atoms with Crippen LogP contribution in [0.5, 0.6) is 0 Å². The van der Waals surface area contributed by atoms with Gasteiger partial charge in [0.15, 0.2) is 0 Å². The van der Waals surface area contributed by atoms with Crippen LogP contribution in [-0.4, -0.2) is 21.9 Å². The standard InChI is InChI=1S/C22H26N2/c1-2-8-18-14-23(13-17(18)7-1)21-11-5-6-12-22(21)24-15-19-9-3-4-10-20(19)16-24/h1-4,7-10,21-22H,5-6,11-16H2. The summed E-state index contributed by atoms with van der Waals surface area (Å²) in [6.45, 7) is 4.60. The highest BCUT2D eigenvalue weighted by Crippen LogP contribution is 2.36. The third kappa shape index (κ3) is 2.49. The normalized spacial score (nSPS) is 27.2. The summed E-state index contributed by atoms with van der Waals surface area (Å²) in [5.74, 6) is 0. The molecule has 1 fully saturated rings. The van der Waals surface area contributed by atoms with Gasteiger partial charge in [0.2, 0.25) is 0 Å². The molecule has 0 aromatic heterocycles. The summed E-state index contributed by atoms with van der Waals surface area (Å²) in [6.07, 6.45) is 5.53. The third-order valence-corrected chi connectivity index (χ3v) is 6.36. The lowest BCUT2D eigenvalue weighted by molar-refractivity contribution is 0.0433. The van der Waals surface area contributed by atoms with E-state index in [1.54, 1.807) is 22.3 Å². The second-order valence-corrected chi connectivity index (χ2v) is 7.77. The Bertz CT molecular complexity index is 625. The van der Waals surface area contributed by atoms with E-state index in [2.05, 4.69) is 58.3 Å². The first kappa shape index (κ1) is 14.7. The Balaban J connectivity index is 1.36. The molecule has 5 rings (SSSR count). The van der Waals surface area contributed by atoms with E-state index in [1.807, 2.05) is 0 Å². The molecule has 0 N–H and O–H groups in total. The van der Waals surface area contributed by atoms with E-state index >= 15 is 0 Å². The Morgan fingerprint density at radius 3 is 1.21 bits per heavy atom. The van der Waals surface area contributed by atoms with Crippen LogP contribution in [0.1, 0.15) is 47.9 Å². The average Bonchev–Trinajstić information content (AvgIpc) is 3.25. The monoisotopic (exact) mass is 318 g/mol. The van der Waals surface area contributed by atoms with Crippen molar-refractivity contribution in [1.29, 1.82) is 0 Å². The second-order valence-electron chi connectivity index (χ2n) is 7.77. The Labute approximate surface area is 145 Å². The van der Waals surface area contributed by atoms with E-state index in [-0.39, 0.29) is 0 Å². The Hall–Kier alpha value is -1.64. The zero-order chi connectivity index (χ0) is 15.9. The largest absolute Gasteiger partial charge is 0.290 e. The first-order valence-electron chi connectivity index (χ1n) is 9.50. The zero-order valence-electron chi connectivity index (χ0n) is 14.3. The van der Waals surface area contributed by atoms with Crippen LogP contribution in [0.2, 0.25) is 0 Å². The fourth-order valence-electron chi connectivity index (χ4n) is 5.13. The van der Waals surface area contributed by atoms with Gasteiger partial charge in [0, 0.05) is 38.3 Å². The van der Waals surface area contributed by atoms with Crippen LogP contribution in [0.15, 0.2) is 48.5 Å². The molecule has 124 valence electrons. The minimum atomic E-state index is 0.723. The Morgan fingerprint density at radius 2 is 0.875 bits per heavy atom. The molecule has 2 aromatic carbocycles. The maximum Gasteiger partial charge on any atom is 0.0258 e. The molecule has 2 aromatic rings. The van der Waals surface area contributed by atoms with Crippen molar-refractivity contribution in [2.75, 3.05) is 0 Å². The minimum Gasteiger partial charge on any atom is -0.290 e. The fourth-order valence-corrected chi connectivity index (χ4v) is 5.13. The van der Waals surface area contributed by atoms with Gasteiger partial charge in [-0.3, -0.25) is 9.80 Å². The van der Waals surface area contributed by atoms with Crippen molar-refractivity contribution in [1.82, 2.24) is 9.80 Å². The highest BCUT2D eigenvalue weighted by Gasteiger charge is 2.37. The molecule has 2 heterocycles. The molecular weight excluding hydrogens is 292 g/mol. The molecule has 0 amide bonds. The van der Waals surface area contributed by atoms with Gasteiger partial charge >= 0.3 is 0 Å². The quantitative estimate of drug-likeness (QED) is 0.813. The topological polar surface area (TPSA) is 6.48 Å². The van der Waals surface area contributed by atoms with Crippen molar-refractivity contribution >= 4 is 0 Å². The first-order valence-corrected chi connectivity index (χ1v) is 9.50. The molecule has 2 heteroatoms. The maximum absolute atomic E-state index is 2.76. The molecule has 2 nitrogen and oxygen atoms in total. The molecule has 0 radical (unpaired) electrons. The molecule has 2 unspecified atom stereocenters. The zero-order valence-corrected chi connectivity index (χ0v) is 14.3. The summed E-state index contributed by atoms with van der Waals surface area (Å²) >= 11 is 0. The van der Waals surface area contributed by atoms with Crippen LogP contribution in [0.3, 0.4) is 0 Å². The number of rotatable bonds is 2. The van der Waals surface area contributed by atoms with Gasteiger partial charge < -0.3 is 0 Å². The fraction of sp³-hybridized carbons (Fsp3) is 0.455. The summed E-state index contributed by atoms with van der Waals surface area (Å²) in [4.78, 5) is 5.52. The summed E-state index contributed by atoms with van der Waals surface area (Å²) in [5, 5.41) is 0. The number of benzene rings is 2. The van der Waals surface area contributed by atoms with Gasteiger partial charge in [-0.15, -0.1) is 0 Å². The van der Waals surface area contributed by atoms with Gasteiger partial charge in [0.05, 0.1) is 0 Å². The predicted octanol–water partition coefficient (Wildman–Crippen LogP) is 4.33. The van der Waals surface area contributed by atoms with E-state index in [4.69, 9.17) is 0 Å². The van der Waals surface area contributed by atoms with Crippen molar-refractivity contribution in [2.24, 2.45) is 0 Å². The molecule has 0 bridgehead atoms. The molecule has 24 heavy (non-hydrogen) atoms. The van der Waals surface area contributed by atoms with Crippen LogP contribution in [-0.2, 0) is 26.2 Å². The average molecular weight is 318 g/mol. The second kappa shape index (κ2) is 6.02. The van der Waals surface area contributed by atoms with E-state index in [0.717, 1.165) is 38.3 Å². The summed E-state index contributed by atoms with van der Waals surface area (Å²) in [7, 11) is 0. The summed E-state index contributed by atoms with van der Waals surface area (Å²) < 4.78 is 0. The van der Waals surface area contributed by atoms with Crippen molar-refractivity contribution in [3.63, 3.8) is 0 Å². The van der Waals surface area contributed by atoms with Crippen LogP contribution in [0, 0.1) is 0 Å². The predicted molar refractivity (Wildman–Crippen MR) is 97.4 cm³/mol. The summed E-state index contributed by atoms with van der Waals surface area (Å²) in [6, 6.07) is 19.5. The number of fused-ring (bicyclic) bond motifs is 2. The van der Waals surface area contributed by atoms with Crippen molar-refractivity contribution in [3.8, 4) is 0 Å². The minimum absolute atomic E-state index is 0.723. The lowest BCUT2D eigenvalue weighted by Crippen LogP contribution is -2.50. The van der Waals surface area contributed by atoms with Gasteiger partial charge in [-0.2, -0.15) is 0 Å². The lowest BCUT2D eigenvalue weighted by atomic mass is 9.88. The number of hydrogen-bond acceptors (Lipinski definition) is 2. The van der Waals surface area contributed by atoms with E-state index in [9.17, 15) is 0 Å². The van der Waals surface area contributed by atoms with E-state index in [0.29, 0.717) is 0 Å². The molecule has 1 saturated carbocycles. The molecule has 1 aliphatic carbocycles. The van der Waals surface area contributed by atoms with Crippen molar-refractivity contribution in [2.45, 2.75) is 63.9 Å². The van der Waals surface area contributed by atoms with Crippen LogP contribution in [0.25, 0.3) is 0 Å². The number of hydrogen-bond donors (Lipinski definition) is 0. The molecule has 2 aliphatic heterocycles.